The minimum absolute atomic E-state index is 0.552. The molecule has 1 rings (SSSR count). The van der Waals surface area contributed by atoms with Crippen LogP contribution in [0.3, 0.4) is 0 Å². The summed E-state index contributed by atoms with van der Waals surface area (Å²) in [6, 6.07) is 5.64. The number of nitrogens with zero attached hydrogens (tertiary/aromatic N) is 1. The van der Waals surface area contributed by atoms with E-state index >= 15 is 0 Å². The molecule has 2 N–H and O–H groups in total. The molecule has 0 atom stereocenters. The van der Waals surface area contributed by atoms with Gasteiger partial charge in [-0.15, -0.1) is 0 Å². The van der Waals surface area contributed by atoms with E-state index in [0.29, 0.717) is 16.6 Å². The molecule has 1 aromatic carbocycles. The Kier molecular flexibility index (Phi) is 17.5. The summed E-state index contributed by atoms with van der Waals surface area (Å²) in [6.07, 6.45) is 20.9. The van der Waals surface area contributed by atoms with Crippen molar-refractivity contribution in [2.24, 2.45) is 5.10 Å². The second-order valence-corrected chi connectivity index (χ2v) is 8.74. The molecule has 0 spiro atoms. The van der Waals surface area contributed by atoms with Crippen molar-refractivity contribution in [1.82, 2.24) is 10.7 Å². The summed E-state index contributed by atoms with van der Waals surface area (Å²) in [7, 11) is 3.24. The van der Waals surface area contributed by atoms with Crippen LogP contribution in [-0.4, -0.2) is 32.1 Å². The molecule has 0 heterocycles. The number of thiocarbonyl (C=S) groups is 1. The lowest BCUT2D eigenvalue weighted by Crippen LogP contribution is -2.32. The summed E-state index contributed by atoms with van der Waals surface area (Å²) in [5, 5.41) is 7.95. The van der Waals surface area contributed by atoms with Crippen LogP contribution in [0.1, 0.15) is 102 Å². The lowest BCUT2D eigenvalue weighted by molar-refractivity contribution is 0.355. The number of rotatable bonds is 19. The van der Waals surface area contributed by atoms with Crippen molar-refractivity contribution in [2.45, 2.75) is 96.8 Å². The molecule has 0 aliphatic carbocycles. The number of benzene rings is 1. The minimum atomic E-state index is 0.552. The van der Waals surface area contributed by atoms with E-state index in [1.54, 1.807) is 20.4 Å². The molecule has 0 aliphatic heterocycles. The van der Waals surface area contributed by atoms with Crippen molar-refractivity contribution in [1.29, 1.82) is 0 Å². The van der Waals surface area contributed by atoms with Crippen LogP contribution < -0.4 is 20.2 Å². The highest BCUT2D eigenvalue weighted by Crippen LogP contribution is 2.26. The van der Waals surface area contributed by atoms with Gasteiger partial charge in [0.25, 0.3) is 0 Å². The van der Waals surface area contributed by atoms with E-state index in [-0.39, 0.29) is 0 Å². The first-order valence-electron chi connectivity index (χ1n) is 12.5. The number of nitrogens with one attached hydrogen (secondary N) is 2. The summed E-state index contributed by atoms with van der Waals surface area (Å²) in [5.74, 6) is 1.37. The number of hydrazone groups is 1. The van der Waals surface area contributed by atoms with Gasteiger partial charge in [-0.1, -0.05) is 90.4 Å². The molecule has 6 heteroatoms. The van der Waals surface area contributed by atoms with Crippen molar-refractivity contribution in [2.75, 3.05) is 20.8 Å². The zero-order valence-corrected chi connectivity index (χ0v) is 21.4. The first kappa shape index (κ1) is 28.2. The molecular formula is C26H45N3O2S. The molecule has 5 nitrogen and oxygen atoms in total. The van der Waals surface area contributed by atoms with Gasteiger partial charge in [-0.05, 0) is 42.4 Å². The van der Waals surface area contributed by atoms with Crippen LogP contribution in [0.25, 0.3) is 0 Å². The number of unbranched alkanes of at least 4 members (excludes halogenated alkanes) is 13. The zero-order chi connectivity index (χ0) is 23.3. The number of hydrogen-bond acceptors (Lipinski definition) is 4. The summed E-state index contributed by atoms with van der Waals surface area (Å²) >= 11 is 5.28. The van der Waals surface area contributed by atoms with Crippen LogP contribution in [0.15, 0.2) is 23.3 Å². The van der Waals surface area contributed by atoms with E-state index in [0.717, 1.165) is 18.5 Å². The van der Waals surface area contributed by atoms with Crippen molar-refractivity contribution >= 4 is 23.5 Å². The largest absolute Gasteiger partial charge is 0.493 e. The van der Waals surface area contributed by atoms with Gasteiger partial charge in [-0.2, -0.15) is 5.10 Å². The maximum atomic E-state index is 5.30. The third kappa shape index (κ3) is 14.3. The smallest absolute Gasteiger partial charge is 0.186 e. The lowest BCUT2D eigenvalue weighted by atomic mass is 10.0. The number of methoxy groups -OCH3 is 2. The maximum absolute atomic E-state index is 5.30. The fourth-order valence-corrected chi connectivity index (χ4v) is 3.81. The Bertz CT molecular complexity index is 637. The monoisotopic (exact) mass is 463 g/mol. The van der Waals surface area contributed by atoms with Gasteiger partial charge in [-0.3, -0.25) is 5.43 Å². The molecule has 0 saturated carbocycles. The average molecular weight is 464 g/mol. The van der Waals surface area contributed by atoms with Gasteiger partial charge in [0.15, 0.2) is 16.6 Å². The third-order valence-electron chi connectivity index (χ3n) is 5.60. The fraction of sp³-hybridized carbons (Fsp3) is 0.692. The van der Waals surface area contributed by atoms with Gasteiger partial charge in [0.1, 0.15) is 0 Å². The highest BCUT2D eigenvalue weighted by molar-refractivity contribution is 7.80. The Morgan fingerprint density at radius 1 is 0.812 bits per heavy atom. The normalized spacial score (nSPS) is 11.0. The van der Waals surface area contributed by atoms with Crippen molar-refractivity contribution < 1.29 is 9.47 Å². The topological polar surface area (TPSA) is 54.9 Å². The third-order valence-corrected chi connectivity index (χ3v) is 5.84. The second-order valence-electron chi connectivity index (χ2n) is 8.34. The predicted molar refractivity (Wildman–Crippen MR) is 141 cm³/mol. The van der Waals surface area contributed by atoms with E-state index in [1.165, 1.54) is 83.5 Å². The average Bonchev–Trinajstić information content (AvgIpc) is 2.81. The Labute approximate surface area is 201 Å². The standard InChI is InChI=1S/C26H45N3O2S/c1-4-5-6-7-8-9-10-11-12-13-14-15-16-17-20-27-26(32)29-28-22-23-18-19-24(30-2)25(21-23)31-3/h18-19,21-22H,4-17,20H2,1-3H3,(H2,27,29,32)/b28-22-. The molecule has 1 aromatic rings. The minimum Gasteiger partial charge on any atom is -0.493 e. The van der Waals surface area contributed by atoms with Crippen LogP contribution in [0.2, 0.25) is 0 Å². The fourth-order valence-electron chi connectivity index (χ4n) is 3.66. The summed E-state index contributed by atoms with van der Waals surface area (Å²) < 4.78 is 10.5. The molecule has 0 aliphatic rings. The molecule has 0 bridgehead atoms. The van der Waals surface area contributed by atoms with Crippen molar-refractivity contribution in [3.63, 3.8) is 0 Å². The van der Waals surface area contributed by atoms with Crippen LogP contribution in [0, 0.1) is 0 Å². The molecular weight excluding hydrogens is 418 g/mol. The molecule has 182 valence electrons. The lowest BCUT2D eigenvalue weighted by Gasteiger charge is -2.08. The van der Waals surface area contributed by atoms with Crippen LogP contribution in [0.4, 0.5) is 0 Å². The van der Waals surface area contributed by atoms with E-state index in [9.17, 15) is 0 Å². The molecule has 0 saturated heterocycles. The quantitative estimate of drug-likeness (QED) is 0.100. The van der Waals surface area contributed by atoms with Gasteiger partial charge in [0.05, 0.1) is 20.4 Å². The molecule has 32 heavy (non-hydrogen) atoms. The summed E-state index contributed by atoms with van der Waals surface area (Å²) in [4.78, 5) is 0. The SMILES string of the molecule is CCCCCCCCCCCCCCCCNC(=S)N/N=C\c1ccc(OC)c(OC)c1. The molecule has 0 radical (unpaired) electrons. The van der Waals surface area contributed by atoms with E-state index in [4.69, 9.17) is 21.7 Å². The van der Waals surface area contributed by atoms with E-state index < -0.39 is 0 Å². The highest BCUT2D eigenvalue weighted by atomic mass is 32.1. The van der Waals surface area contributed by atoms with E-state index in [2.05, 4.69) is 22.8 Å². The number of ether oxygens (including phenoxy) is 2. The number of hydrogen-bond donors (Lipinski definition) is 2. The van der Waals surface area contributed by atoms with Crippen LogP contribution in [0.5, 0.6) is 11.5 Å². The summed E-state index contributed by atoms with van der Waals surface area (Å²) in [6.45, 7) is 3.16. The zero-order valence-electron chi connectivity index (χ0n) is 20.6. The van der Waals surface area contributed by atoms with Crippen LogP contribution in [-0.2, 0) is 0 Å². The predicted octanol–water partition coefficient (Wildman–Crippen LogP) is 6.98. The van der Waals surface area contributed by atoms with Crippen LogP contribution >= 0.6 is 12.2 Å². The Morgan fingerprint density at radius 3 is 1.88 bits per heavy atom. The highest BCUT2D eigenvalue weighted by Gasteiger charge is 2.03. The van der Waals surface area contributed by atoms with Gasteiger partial charge >= 0.3 is 0 Å². The van der Waals surface area contributed by atoms with Gasteiger partial charge in [0, 0.05) is 6.54 Å². The Hall–Kier alpha value is -1.82. The van der Waals surface area contributed by atoms with Crippen molar-refractivity contribution in [3.05, 3.63) is 23.8 Å². The Morgan fingerprint density at radius 2 is 1.34 bits per heavy atom. The molecule has 0 unspecified atom stereocenters. The second kappa shape index (κ2) is 19.8. The van der Waals surface area contributed by atoms with Gasteiger partial charge in [-0.25, -0.2) is 0 Å². The Balaban J connectivity index is 1.95. The van der Waals surface area contributed by atoms with Gasteiger partial charge in [0.2, 0.25) is 0 Å². The van der Waals surface area contributed by atoms with Crippen molar-refractivity contribution in [3.8, 4) is 11.5 Å². The summed E-state index contributed by atoms with van der Waals surface area (Å²) in [5.41, 5.74) is 3.77. The first-order chi connectivity index (χ1) is 15.7. The van der Waals surface area contributed by atoms with E-state index in [1.807, 2.05) is 18.2 Å². The maximum Gasteiger partial charge on any atom is 0.186 e. The molecule has 0 amide bonds. The van der Waals surface area contributed by atoms with Gasteiger partial charge < -0.3 is 14.8 Å². The molecule has 0 fully saturated rings. The molecule has 0 aromatic heterocycles. The first-order valence-corrected chi connectivity index (χ1v) is 12.9.